The fourth-order valence-corrected chi connectivity index (χ4v) is 1.47. The number of hydrogen-bond acceptors (Lipinski definition) is 3. The Labute approximate surface area is 102 Å². The minimum absolute atomic E-state index is 0.604. The lowest BCUT2D eigenvalue weighted by atomic mass is 10.2. The van der Waals surface area contributed by atoms with Gasteiger partial charge in [0.1, 0.15) is 0 Å². The van der Waals surface area contributed by atoms with Gasteiger partial charge in [0.2, 0.25) is 0 Å². The molecule has 0 aliphatic carbocycles. The van der Waals surface area contributed by atoms with Crippen LogP contribution in [0.5, 0.6) is 0 Å². The van der Waals surface area contributed by atoms with Gasteiger partial charge in [-0.3, -0.25) is 0 Å². The summed E-state index contributed by atoms with van der Waals surface area (Å²) in [5, 5.41) is 3.96. The molecule has 16 heavy (non-hydrogen) atoms. The molecular weight excluding hydrogens is 226 g/mol. The highest BCUT2D eigenvalue weighted by atomic mass is 35.5. The first-order valence-corrected chi connectivity index (χ1v) is 5.72. The number of ether oxygens (including phenoxy) is 2. The van der Waals surface area contributed by atoms with Crippen molar-refractivity contribution < 1.29 is 9.47 Å². The topological polar surface area (TPSA) is 30.5 Å². The third-order valence-corrected chi connectivity index (χ3v) is 2.30. The number of halogens is 1. The minimum Gasteiger partial charge on any atom is -0.383 e. The number of nitrogens with one attached hydrogen (secondary N) is 1. The predicted molar refractivity (Wildman–Crippen MR) is 65.9 cm³/mol. The molecule has 0 aliphatic rings. The van der Waals surface area contributed by atoms with Gasteiger partial charge in [0.25, 0.3) is 0 Å². The van der Waals surface area contributed by atoms with Gasteiger partial charge in [-0.05, 0) is 17.7 Å². The lowest BCUT2D eigenvalue weighted by molar-refractivity contribution is 0.120. The van der Waals surface area contributed by atoms with Crippen molar-refractivity contribution in [2.45, 2.75) is 6.61 Å². The SMILES string of the molecule is COCCNCCOCc1cccc(Cl)c1. The highest BCUT2D eigenvalue weighted by molar-refractivity contribution is 6.30. The van der Waals surface area contributed by atoms with E-state index < -0.39 is 0 Å². The monoisotopic (exact) mass is 243 g/mol. The molecule has 0 aromatic heterocycles. The molecule has 4 heteroatoms. The van der Waals surface area contributed by atoms with Crippen LogP contribution in [0.3, 0.4) is 0 Å². The summed E-state index contributed by atoms with van der Waals surface area (Å²) in [6, 6.07) is 7.71. The lowest BCUT2D eigenvalue weighted by Crippen LogP contribution is -2.23. The zero-order chi connectivity index (χ0) is 11.6. The molecule has 0 radical (unpaired) electrons. The summed E-state index contributed by atoms with van der Waals surface area (Å²) < 4.78 is 10.4. The van der Waals surface area contributed by atoms with E-state index in [1.165, 1.54) is 0 Å². The Kier molecular flexibility index (Phi) is 7.17. The van der Waals surface area contributed by atoms with Crippen molar-refractivity contribution in [2.75, 3.05) is 33.4 Å². The fourth-order valence-electron chi connectivity index (χ4n) is 1.26. The van der Waals surface area contributed by atoms with Crippen LogP contribution in [0.4, 0.5) is 0 Å². The van der Waals surface area contributed by atoms with Gasteiger partial charge in [0.15, 0.2) is 0 Å². The molecule has 0 bridgehead atoms. The van der Waals surface area contributed by atoms with Crippen molar-refractivity contribution in [3.63, 3.8) is 0 Å². The first-order valence-electron chi connectivity index (χ1n) is 5.35. The zero-order valence-electron chi connectivity index (χ0n) is 9.54. The summed E-state index contributed by atoms with van der Waals surface area (Å²) in [5.74, 6) is 0. The normalized spacial score (nSPS) is 10.6. The molecular formula is C12H18ClNO2. The molecule has 1 N–H and O–H groups in total. The highest BCUT2D eigenvalue weighted by Crippen LogP contribution is 2.11. The van der Waals surface area contributed by atoms with E-state index in [0.29, 0.717) is 13.2 Å². The molecule has 0 saturated carbocycles. The van der Waals surface area contributed by atoms with Gasteiger partial charge >= 0.3 is 0 Å². The van der Waals surface area contributed by atoms with E-state index in [1.807, 2.05) is 24.3 Å². The third-order valence-electron chi connectivity index (χ3n) is 2.06. The summed E-state index contributed by atoms with van der Waals surface area (Å²) in [6.07, 6.45) is 0. The summed E-state index contributed by atoms with van der Waals surface area (Å²) in [6.45, 7) is 3.72. The Bertz CT molecular complexity index is 294. The van der Waals surface area contributed by atoms with Crippen molar-refractivity contribution >= 4 is 11.6 Å². The minimum atomic E-state index is 0.604. The van der Waals surface area contributed by atoms with Gasteiger partial charge in [-0.1, -0.05) is 23.7 Å². The average molecular weight is 244 g/mol. The van der Waals surface area contributed by atoms with Crippen LogP contribution in [0, 0.1) is 0 Å². The number of methoxy groups -OCH3 is 1. The smallest absolute Gasteiger partial charge is 0.0718 e. The Morgan fingerprint density at radius 1 is 1.25 bits per heavy atom. The number of rotatable bonds is 8. The van der Waals surface area contributed by atoms with Crippen LogP contribution in [0.15, 0.2) is 24.3 Å². The molecule has 0 heterocycles. The zero-order valence-corrected chi connectivity index (χ0v) is 10.3. The van der Waals surface area contributed by atoms with E-state index in [1.54, 1.807) is 7.11 Å². The number of benzene rings is 1. The molecule has 1 aromatic carbocycles. The summed E-state index contributed by atoms with van der Waals surface area (Å²) in [4.78, 5) is 0. The van der Waals surface area contributed by atoms with Crippen LogP contribution in [0.25, 0.3) is 0 Å². The maximum Gasteiger partial charge on any atom is 0.0718 e. The van der Waals surface area contributed by atoms with Crippen molar-refractivity contribution in [3.8, 4) is 0 Å². The van der Waals surface area contributed by atoms with Gasteiger partial charge in [0.05, 0.1) is 19.8 Å². The standard InChI is InChI=1S/C12H18ClNO2/c1-15-7-5-14-6-8-16-10-11-3-2-4-12(13)9-11/h2-4,9,14H,5-8,10H2,1H3. The molecule has 1 aromatic rings. The quantitative estimate of drug-likeness (QED) is 0.710. The molecule has 90 valence electrons. The van der Waals surface area contributed by atoms with Crippen LogP contribution >= 0.6 is 11.6 Å². The lowest BCUT2D eigenvalue weighted by Gasteiger charge is -2.06. The first kappa shape index (κ1) is 13.5. The molecule has 0 aliphatic heterocycles. The van der Waals surface area contributed by atoms with E-state index in [2.05, 4.69) is 5.32 Å². The van der Waals surface area contributed by atoms with Gasteiger partial charge in [0, 0.05) is 25.2 Å². The van der Waals surface area contributed by atoms with Gasteiger partial charge in [-0.25, -0.2) is 0 Å². The molecule has 1 rings (SSSR count). The summed E-state index contributed by atoms with van der Waals surface area (Å²) in [7, 11) is 1.69. The van der Waals surface area contributed by atoms with E-state index in [-0.39, 0.29) is 0 Å². The molecule has 0 fully saturated rings. The average Bonchev–Trinajstić information content (AvgIpc) is 2.28. The van der Waals surface area contributed by atoms with Crippen molar-refractivity contribution in [1.82, 2.24) is 5.32 Å². The van der Waals surface area contributed by atoms with Gasteiger partial charge in [-0.15, -0.1) is 0 Å². The first-order chi connectivity index (χ1) is 7.83. The largest absolute Gasteiger partial charge is 0.383 e. The molecule has 0 saturated heterocycles. The highest BCUT2D eigenvalue weighted by Gasteiger charge is 1.94. The van der Waals surface area contributed by atoms with Gasteiger partial charge in [-0.2, -0.15) is 0 Å². The van der Waals surface area contributed by atoms with E-state index in [4.69, 9.17) is 21.1 Å². The maximum absolute atomic E-state index is 5.86. The van der Waals surface area contributed by atoms with Crippen molar-refractivity contribution in [1.29, 1.82) is 0 Å². The molecule has 0 unspecified atom stereocenters. The fraction of sp³-hybridized carbons (Fsp3) is 0.500. The number of hydrogen-bond donors (Lipinski definition) is 1. The predicted octanol–water partition coefficient (Wildman–Crippen LogP) is 2.09. The third kappa shape index (κ3) is 6.08. The summed E-state index contributed by atoms with van der Waals surface area (Å²) in [5.41, 5.74) is 1.10. The van der Waals surface area contributed by atoms with E-state index in [0.717, 1.165) is 30.3 Å². The molecule has 0 atom stereocenters. The summed E-state index contributed by atoms with van der Waals surface area (Å²) >= 11 is 5.86. The van der Waals surface area contributed by atoms with Crippen molar-refractivity contribution in [3.05, 3.63) is 34.9 Å². The Morgan fingerprint density at radius 3 is 2.81 bits per heavy atom. The molecule has 0 amide bonds. The van der Waals surface area contributed by atoms with Crippen LogP contribution in [-0.2, 0) is 16.1 Å². The van der Waals surface area contributed by atoms with Crippen molar-refractivity contribution in [2.24, 2.45) is 0 Å². The second-order valence-corrected chi connectivity index (χ2v) is 3.86. The van der Waals surface area contributed by atoms with Gasteiger partial charge < -0.3 is 14.8 Å². The van der Waals surface area contributed by atoms with Crippen LogP contribution in [0.1, 0.15) is 5.56 Å². The van der Waals surface area contributed by atoms with Crippen LogP contribution < -0.4 is 5.32 Å². The van der Waals surface area contributed by atoms with Crippen LogP contribution in [0.2, 0.25) is 5.02 Å². The Morgan fingerprint density at radius 2 is 2.06 bits per heavy atom. The Hall–Kier alpha value is -0.610. The van der Waals surface area contributed by atoms with E-state index in [9.17, 15) is 0 Å². The second-order valence-electron chi connectivity index (χ2n) is 3.43. The molecule has 0 spiro atoms. The Balaban J connectivity index is 2.03. The van der Waals surface area contributed by atoms with E-state index >= 15 is 0 Å². The maximum atomic E-state index is 5.86. The van der Waals surface area contributed by atoms with Crippen LogP contribution in [-0.4, -0.2) is 33.4 Å². The molecule has 3 nitrogen and oxygen atoms in total. The second kappa shape index (κ2) is 8.53.